The lowest BCUT2D eigenvalue weighted by Gasteiger charge is -2.29. The summed E-state index contributed by atoms with van der Waals surface area (Å²) < 4.78 is 53.5. The molecule has 0 unspecified atom stereocenters. The number of hydrogen-bond donors (Lipinski definition) is 0. The molecule has 0 aromatic carbocycles. The maximum absolute atomic E-state index is 12.5. The van der Waals surface area contributed by atoms with Crippen LogP contribution in [0.25, 0.3) is 0 Å². The van der Waals surface area contributed by atoms with Crippen molar-refractivity contribution < 1.29 is 27.1 Å². The molecule has 1 heterocycles. The van der Waals surface area contributed by atoms with Crippen molar-refractivity contribution in [1.29, 1.82) is 0 Å². The number of morpholine rings is 1. The van der Waals surface area contributed by atoms with Crippen LogP contribution >= 0.6 is 0 Å². The summed E-state index contributed by atoms with van der Waals surface area (Å²) in [6.45, 7) is 0.0679. The average molecular weight is 215 g/mol. The zero-order chi connectivity index (χ0) is 10.8. The third-order valence-corrected chi connectivity index (χ3v) is 1.86. The van der Waals surface area contributed by atoms with Gasteiger partial charge in [0.15, 0.2) is 0 Å². The number of carbonyl (C=O) groups excluding carboxylic acids is 1. The van der Waals surface area contributed by atoms with Crippen LogP contribution in [0, 0.1) is 0 Å². The maximum Gasteiger partial charge on any atom is 0.383 e. The number of nitrogens with zero attached hydrogens (tertiary/aromatic N) is 1. The number of halogens is 4. The predicted molar refractivity (Wildman–Crippen MR) is 38.4 cm³/mol. The van der Waals surface area contributed by atoms with Gasteiger partial charge >= 0.3 is 12.3 Å². The Labute approximate surface area is 77.6 Å². The van der Waals surface area contributed by atoms with E-state index in [1.807, 2.05) is 0 Å². The predicted octanol–water partition coefficient (Wildman–Crippen LogP) is 0.746. The summed E-state index contributed by atoms with van der Waals surface area (Å²) in [5.41, 5.74) is 0. The SMILES string of the molecule is O=C(N1CCOCC1)C(F)(F)C(F)F. The van der Waals surface area contributed by atoms with Gasteiger partial charge in [-0.1, -0.05) is 0 Å². The standard InChI is InChI=1S/C7H9F4NO2/c8-5(9)7(10,11)6(13)12-1-3-14-4-2-12/h5H,1-4H2. The van der Waals surface area contributed by atoms with Crippen molar-refractivity contribution >= 4 is 5.91 Å². The molecular formula is C7H9F4NO2. The topological polar surface area (TPSA) is 29.5 Å². The zero-order valence-electron chi connectivity index (χ0n) is 7.18. The molecule has 1 fully saturated rings. The monoisotopic (exact) mass is 215 g/mol. The van der Waals surface area contributed by atoms with Crippen LogP contribution < -0.4 is 0 Å². The number of rotatable bonds is 2. The van der Waals surface area contributed by atoms with Crippen molar-refractivity contribution in [2.75, 3.05) is 26.3 Å². The van der Waals surface area contributed by atoms with E-state index in [4.69, 9.17) is 4.74 Å². The highest BCUT2D eigenvalue weighted by Crippen LogP contribution is 2.25. The largest absolute Gasteiger partial charge is 0.383 e. The molecule has 14 heavy (non-hydrogen) atoms. The molecule has 0 aliphatic carbocycles. The lowest BCUT2D eigenvalue weighted by molar-refractivity contribution is -0.183. The Morgan fingerprint density at radius 2 is 1.79 bits per heavy atom. The second-order valence-corrected chi connectivity index (χ2v) is 2.83. The summed E-state index contributed by atoms with van der Waals surface area (Å²) in [6, 6.07) is 0. The first-order valence-corrected chi connectivity index (χ1v) is 3.99. The van der Waals surface area contributed by atoms with Crippen LogP contribution in [0.2, 0.25) is 0 Å². The Bertz CT molecular complexity index is 216. The highest BCUT2D eigenvalue weighted by molar-refractivity contribution is 5.84. The fourth-order valence-corrected chi connectivity index (χ4v) is 1.07. The first-order valence-electron chi connectivity index (χ1n) is 3.99. The quantitative estimate of drug-likeness (QED) is 0.636. The molecule has 0 aromatic heterocycles. The fraction of sp³-hybridized carbons (Fsp3) is 0.857. The highest BCUT2D eigenvalue weighted by atomic mass is 19.3. The number of carbonyl (C=O) groups is 1. The summed E-state index contributed by atoms with van der Waals surface area (Å²) in [6.07, 6.45) is -3.96. The van der Waals surface area contributed by atoms with Crippen molar-refractivity contribution in [1.82, 2.24) is 4.90 Å². The van der Waals surface area contributed by atoms with Crippen molar-refractivity contribution in [2.24, 2.45) is 0 Å². The maximum atomic E-state index is 12.5. The van der Waals surface area contributed by atoms with E-state index in [1.165, 1.54) is 0 Å². The van der Waals surface area contributed by atoms with Crippen molar-refractivity contribution in [2.45, 2.75) is 12.3 Å². The Morgan fingerprint density at radius 3 is 2.21 bits per heavy atom. The van der Waals surface area contributed by atoms with E-state index in [2.05, 4.69) is 0 Å². The van der Waals surface area contributed by atoms with Gasteiger partial charge in [0.1, 0.15) is 0 Å². The van der Waals surface area contributed by atoms with Gasteiger partial charge in [-0.25, -0.2) is 8.78 Å². The van der Waals surface area contributed by atoms with Gasteiger partial charge in [0.05, 0.1) is 13.2 Å². The van der Waals surface area contributed by atoms with E-state index in [9.17, 15) is 22.4 Å². The normalized spacial score (nSPS) is 18.8. The second kappa shape index (κ2) is 4.12. The van der Waals surface area contributed by atoms with Gasteiger partial charge in [0, 0.05) is 13.1 Å². The third kappa shape index (κ3) is 2.14. The van der Waals surface area contributed by atoms with Crippen LogP contribution in [-0.4, -0.2) is 49.5 Å². The molecule has 1 aliphatic heterocycles. The first-order chi connectivity index (χ1) is 6.46. The molecule has 82 valence electrons. The van der Waals surface area contributed by atoms with Crippen LogP contribution in [-0.2, 0) is 9.53 Å². The Morgan fingerprint density at radius 1 is 1.29 bits per heavy atom. The molecule has 3 nitrogen and oxygen atoms in total. The summed E-state index contributed by atoms with van der Waals surface area (Å²) >= 11 is 0. The molecule has 0 radical (unpaired) electrons. The van der Waals surface area contributed by atoms with Gasteiger partial charge in [0.25, 0.3) is 5.91 Å². The molecule has 1 aliphatic rings. The van der Waals surface area contributed by atoms with Crippen LogP contribution in [0.5, 0.6) is 0 Å². The summed E-state index contributed by atoms with van der Waals surface area (Å²) in [4.78, 5) is 11.6. The number of alkyl halides is 4. The Kier molecular flexibility index (Phi) is 3.30. The zero-order valence-corrected chi connectivity index (χ0v) is 7.18. The van der Waals surface area contributed by atoms with E-state index in [0.29, 0.717) is 4.90 Å². The van der Waals surface area contributed by atoms with E-state index in [-0.39, 0.29) is 26.3 Å². The van der Waals surface area contributed by atoms with E-state index >= 15 is 0 Å². The molecule has 0 saturated carbocycles. The minimum Gasteiger partial charge on any atom is -0.378 e. The Hall–Kier alpha value is -0.850. The van der Waals surface area contributed by atoms with Crippen LogP contribution in [0.15, 0.2) is 0 Å². The summed E-state index contributed by atoms with van der Waals surface area (Å²) in [7, 11) is 0. The molecule has 0 aromatic rings. The summed E-state index contributed by atoms with van der Waals surface area (Å²) in [5.74, 6) is -6.41. The molecule has 0 atom stereocenters. The molecule has 1 rings (SSSR count). The average Bonchev–Trinajstić information content (AvgIpc) is 2.17. The van der Waals surface area contributed by atoms with Crippen LogP contribution in [0.4, 0.5) is 17.6 Å². The van der Waals surface area contributed by atoms with Crippen molar-refractivity contribution in [3.8, 4) is 0 Å². The van der Waals surface area contributed by atoms with Gasteiger partial charge in [-0.2, -0.15) is 8.78 Å². The first kappa shape index (κ1) is 11.2. The fourth-order valence-electron chi connectivity index (χ4n) is 1.07. The minimum absolute atomic E-state index is 0.0683. The molecule has 0 bridgehead atoms. The van der Waals surface area contributed by atoms with Gasteiger partial charge in [-0.05, 0) is 0 Å². The third-order valence-electron chi connectivity index (χ3n) is 1.86. The van der Waals surface area contributed by atoms with Gasteiger partial charge in [0.2, 0.25) is 0 Å². The molecule has 0 spiro atoms. The highest BCUT2D eigenvalue weighted by Gasteiger charge is 2.51. The lowest BCUT2D eigenvalue weighted by Crippen LogP contribution is -2.51. The second-order valence-electron chi connectivity index (χ2n) is 2.83. The lowest BCUT2D eigenvalue weighted by atomic mass is 10.3. The number of ether oxygens (including phenoxy) is 1. The van der Waals surface area contributed by atoms with E-state index in [0.717, 1.165) is 0 Å². The van der Waals surface area contributed by atoms with E-state index < -0.39 is 18.3 Å². The van der Waals surface area contributed by atoms with Crippen molar-refractivity contribution in [3.05, 3.63) is 0 Å². The minimum atomic E-state index is -4.59. The van der Waals surface area contributed by atoms with E-state index in [1.54, 1.807) is 0 Å². The molecule has 1 amide bonds. The molecular weight excluding hydrogens is 206 g/mol. The van der Waals surface area contributed by atoms with Crippen molar-refractivity contribution in [3.63, 3.8) is 0 Å². The van der Waals surface area contributed by atoms with Crippen LogP contribution in [0.3, 0.4) is 0 Å². The number of hydrogen-bond acceptors (Lipinski definition) is 2. The summed E-state index contributed by atoms with van der Waals surface area (Å²) in [5, 5.41) is 0. The number of amides is 1. The van der Waals surface area contributed by atoms with Crippen LogP contribution in [0.1, 0.15) is 0 Å². The Balaban J connectivity index is 2.63. The van der Waals surface area contributed by atoms with Gasteiger partial charge in [-0.3, -0.25) is 4.79 Å². The molecule has 7 heteroatoms. The molecule has 1 saturated heterocycles. The van der Waals surface area contributed by atoms with Gasteiger partial charge in [-0.15, -0.1) is 0 Å². The van der Waals surface area contributed by atoms with Gasteiger partial charge < -0.3 is 9.64 Å². The smallest absolute Gasteiger partial charge is 0.378 e. The molecule has 0 N–H and O–H groups in total.